The summed E-state index contributed by atoms with van der Waals surface area (Å²) < 4.78 is 10.6. The zero-order valence-corrected chi connectivity index (χ0v) is 11.3. The molecule has 5 nitrogen and oxygen atoms in total. The van der Waals surface area contributed by atoms with Crippen molar-refractivity contribution in [3.63, 3.8) is 0 Å². The third-order valence-electron chi connectivity index (χ3n) is 3.92. The molecular formula is C13H24N2O3. The molecule has 0 aromatic heterocycles. The van der Waals surface area contributed by atoms with Gasteiger partial charge in [0.25, 0.3) is 5.91 Å². The van der Waals surface area contributed by atoms with Crippen molar-refractivity contribution in [3.8, 4) is 0 Å². The number of carbonyl (C=O) groups excluding carboxylic acids is 1. The van der Waals surface area contributed by atoms with Gasteiger partial charge in [-0.3, -0.25) is 4.79 Å². The van der Waals surface area contributed by atoms with E-state index < -0.39 is 6.10 Å². The van der Waals surface area contributed by atoms with Crippen LogP contribution in [-0.4, -0.2) is 51.0 Å². The summed E-state index contributed by atoms with van der Waals surface area (Å²) in [5, 5.41) is 6.45. The van der Waals surface area contributed by atoms with Crippen LogP contribution in [0.4, 0.5) is 0 Å². The Labute approximate surface area is 109 Å². The number of amides is 1. The first-order valence-electron chi connectivity index (χ1n) is 6.80. The summed E-state index contributed by atoms with van der Waals surface area (Å²) in [6, 6.07) is 0.333. The number of hydrogen-bond donors (Lipinski definition) is 2. The monoisotopic (exact) mass is 256 g/mol. The SMILES string of the molecule is CC1(C)CCCNC1CNC(=O)C1COCCO1. The van der Waals surface area contributed by atoms with Gasteiger partial charge in [-0.2, -0.15) is 0 Å². The average molecular weight is 256 g/mol. The lowest BCUT2D eigenvalue weighted by Gasteiger charge is -2.39. The minimum atomic E-state index is -0.439. The minimum Gasteiger partial charge on any atom is -0.376 e. The maximum atomic E-state index is 11.9. The van der Waals surface area contributed by atoms with Gasteiger partial charge in [0.15, 0.2) is 6.10 Å². The van der Waals surface area contributed by atoms with Gasteiger partial charge >= 0.3 is 0 Å². The Morgan fingerprint density at radius 3 is 2.94 bits per heavy atom. The Kier molecular flexibility index (Phi) is 4.59. The van der Waals surface area contributed by atoms with E-state index in [-0.39, 0.29) is 11.3 Å². The highest BCUT2D eigenvalue weighted by Crippen LogP contribution is 2.29. The third-order valence-corrected chi connectivity index (χ3v) is 3.92. The van der Waals surface area contributed by atoms with Crippen LogP contribution in [-0.2, 0) is 14.3 Å². The Balaban J connectivity index is 1.77. The molecule has 2 aliphatic rings. The van der Waals surface area contributed by atoms with E-state index in [2.05, 4.69) is 24.5 Å². The van der Waals surface area contributed by atoms with Crippen LogP contribution in [0.2, 0.25) is 0 Å². The van der Waals surface area contributed by atoms with Gasteiger partial charge in [0, 0.05) is 12.6 Å². The van der Waals surface area contributed by atoms with Gasteiger partial charge in [-0.25, -0.2) is 0 Å². The van der Waals surface area contributed by atoms with Crippen molar-refractivity contribution >= 4 is 5.91 Å². The molecule has 2 unspecified atom stereocenters. The molecular weight excluding hydrogens is 232 g/mol. The molecule has 2 atom stereocenters. The summed E-state index contributed by atoms with van der Waals surface area (Å²) in [4.78, 5) is 11.9. The molecule has 0 aromatic carbocycles. The molecule has 0 aromatic rings. The fourth-order valence-corrected chi connectivity index (χ4v) is 2.57. The standard InChI is InChI=1S/C13H24N2O3/c1-13(2)4-3-5-14-11(13)8-15-12(16)10-9-17-6-7-18-10/h10-11,14H,3-9H2,1-2H3,(H,15,16). The van der Waals surface area contributed by atoms with Gasteiger partial charge in [0.1, 0.15) is 0 Å². The average Bonchev–Trinajstić information content (AvgIpc) is 2.38. The third kappa shape index (κ3) is 3.43. The van der Waals surface area contributed by atoms with Crippen molar-refractivity contribution in [2.45, 2.75) is 38.8 Å². The van der Waals surface area contributed by atoms with Crippen LogP contribution in [0.15, 0.2) is 0 Å². The molecule has 0 bridgehead atoms. The van der Waals surface area contributed by atoms with Crippen LogP contribution >= 0.6 is 0 Å². The van der Waals surface area contributed by atoms with Gasteiger partial charge in [-0.05, 0) is 24.8 Å². The second-order valence-corrected chi connectivity index (χ2v) is 5.78. The second kappa shape index (κ2) is 5.99. The fraction of sp³-hybridized carbons (Fsp3) is 0.923. The lowest BCUT2D eigenvalue weighted by atomic mass is 9.77. The van der Waals surface area contributed by atoms with Gasteiger partial charge < -0.3 is 20.1 Å². The number of piperidine rings is 1. The molecule has 2 rings (SSSR count). The number of carbonyl (C=O) groups is 1. The molecule has 2 fully saturated rings. The molecule has 0 aliphatic carbocycles. The Hall–Kier alpha value is -0.650. The molecule has 0 spiro atoms. The summed E-state index contributed by atoms with van der Waals surface area (Å²) in [6.07, 6.45) is 1.96. The van der Waals surface area contributed by atoms with Gasteiger partial charge in [0.2, 0.25) is 0 Å². The van der Waals surface area contributed by atoms with Crippen molar-refractivity contribution in [1.82, 2.24) is 10.6 Å². The first-order chi connectivity index (χ1) is 8.59. The van der Waals surface area contributed by atoms with Crippen molar-refractivity contribution in [2.75, 3.05) is 32.9 Å². The van der Waals surface area contributed by atoms with Crippen LogP contribution in [0, 0.1) is 5.41 Å². The van der Waals surface area contributed by atoms with Crippen molar-refractivity contribution in [1.29, 1.82) is 0 Å². The predicted octanol–water partition coefficient (Wildman–Crippen LogP) is 0.296. The highest BCUT2D eigenvalue weighted by atomic mass is 16.6. The Morgan fingerprint density at radius 2 is 2.28 bits per heavy atom. The van der Waals surface area contributed by atoms with E-state index in [1.807, 2.05) is 0 Å². The molecule has 18 heavy (non-hydrogen) atoms. The summed E-state index contributed by atoms with van der Waals surface area (Å²) in [6.45, 7) is 7.64. The molecule has 2 heterocycles. The molecule has 0 saturated carbocycles. The quantitative estimate of drug-likeness (QED) is 0.762. The van der Waals surface area contributed by atoms with E-state index in [4.69, 9.17) is 9.47 Å². The molecule has 2 saturated heterocycles. The number of hydrogen-bond acceptors (Lipinski definition) is 4. The van der Waals surface area contributed by atoms with E-state index in [0.717, 1.165) is 6.54 Å². The molecule has 5 heteroatoms. The number of nitrogens with one attached hydrogen (secondary N) is 2. The van der Waals surface area contributed by atoms with E-state index in [1.165, 1.54) is 12.8 Å². The van der Waals surface area contributed by atoms with Gasteiger partial charge in [0.05, 0.1) is 19.8 Å². The largest absolute Gasteiger partial charge is 0.376 e. The topological polar surface area (TPSA) is 59.6 Å². The summed E-state index contributed by atoms with van der Waals surface area (Å²) >= 11 is 0. The number of rotatable bonds is 3. The number of ether oxygens (including phenoxy) is 2. The molecule has 0 radical (unpaired) electrons. The van der Waals surface area contributed by atoms with Crippen LogP contribution < -0.4 is 10.6 Å². The fourth-order valence-electron chi connectivity index (χ4n) is 2.57. The van der Waals surface area contributed by atoms with Crippen LogP contribution in [0.3, 0.4) is 0 Å². The van der Waals surface area contributed by atoms with Gasteiger partial charge in [-0.15, -0.1) is 0 Å². The first-order valence-corrected chi connectivity index (χ1v) is 6.80. The van der Waals surface area contributed by atoms with Crippen LogP contribution in [0.25, 0.3) is 0 Å². The highest BCUT2D eigenvalue weighted by molar-refractivity contribution is 5.81. The van der Waals surface area contributed by atoms with Crippen LogP contribution in [0.5, 0.6) is 0 Å². The molecule has 104 valence electrons. The summed E-state index contributed by atoms with van der Waals surface area (Å²) in [5.74, 6) is -0.0575. The van der Waals surface area contributed by atoms with E-state index >= 15 is 0 Å². The predicted molar refractivity (Wildman–Crippen MR) is 68.4 cm³/mol. The van der Waals surface area contributed by atoms with Gasteiger partial charge in [-0.1, -0.05) is 13.8 Å². The van der Waals surface area contributed by atoms with E-state index in [0.29, 0.717) is 32.4 Å². The zero-order valence-electron chi connectivity index (χ0n) is 11.3. The second-order valence-electron chi connectivity index (χ2n) is 5.78. The maximum absolute atomic E-state index is 11.9. The lowest BCUT2D eigenvalue weighted by molar-refractivity contribution is -0.147. The highest BCUT2D eigenvalue weighted by Gasteiger charge is 2.32. The summed E-state index contributed by atoms with van der Waals surface area (Å²) in [7, 11) is 0. The van der Waals surface area contributed by atoms with Crippen molar-refractivity contribution in [2.24, 2.45) is 5.41 Å². The zero-order chi connectivity index (χ0) is 13.0. The Bertz CT molecular complexity index is 288. The van der Waals surface area contributed by atoms with Crippen LogP contribution in [0.1, 0.15) is 26.7 Å². The summed E-state index contributed by atoms with van der Waals surface area (Å²) in [5.41, 5.74) is 0.232. The smallest absolute Gasteiger partial charge is 0.251 e. The minimum absolute atomic E-state index is 0.0575. The molecule has 2 aliphatic heterocycles. The lowest BCUT2D eigenvalue weighted by Crippen LogP contribution is -2.54. The van der Waals surface area contributed by atoms with Crippen molar-refractivity contribution < 1.29 is 14.3 Å². The first kappa shape index (κ1) is 13.8. The normalized spacial score (nSPS) is 31.9. The maximum Gasteiger partial charge on any atom is 0.251 e. The molecule has 2 N–H and O–H groups in total. The van der Waals surface area contributed by atoms with E-state index in [1.54, 1.807) is 0 Å². The van der Waals surface area contributed by atoms with E-state index in [9.17, 15) is 4.79 Å². The Morgan fingerprint density at radius 1 is 1.44 bits per heavy atom. The van der Waals surface area contributed by atoms with Crippen molar-refractivity contribution in [3.05, 3.63) is 0 Å². The molecule has 1 amide bonds.